The van der Waals surface area contributed by atoms with Gasteiger partial charge < -0.3 is 5.32 Å². The highest BCUT2D eigenvalue weighted by atomic mass is 32.1. The molecule has 0 aromatic heterocycles. The Labute approximate surface area is 83.2 Å². The van der Waals surface area contributed by atoms with Crippen molar-refractivity contribution in [2.24, 2.45) is 10.9 Å². The molecular weight excluding hydrogens is 213 g/mol. The zero-order valence-corrected chi connectivity index (χ0v) is 7.62. The molecule has 2 aliphatic rings. The second-order valence-corrected chi connectivity index (χ2v) is 3.32. The Balaban J connectivity index is 2.30. The molecule has 0 bridgehead atoms. The molecule has 1 N–H and O–H groups in total. The number of thiocarbonyl (C=S) groups is 1. The third kappa shape index (κ3) is 1.57. The van der Waals surface area contributed by atoms with Crippen molar-refractivity contribution in [3.05, 3.63) is 23.9 Å². The van der Waals surface area contributed by atoms with E-state index in [9.17, 15) is 13.2 Å². The molecule has 14 heavy (non-hydrogen) atoms. The van der Waals surface area contributed by atoms with Gasteiger partial charge in [-0.15, -0.1) is 0 Å². The minimum absolute atomic E-state index is 0.207. The fraction of sp³-hybridized carbons (Fsp3) is 0.250. The van der Waals surface area contributed by atoms with E-state index >= 15 is 0 Å². The number of nitrogens with zero attached hydrogens (tertiary/aromatic N) is 1. The van der Waals surface area contributed by atoms with Crippen molar-refractivity contribution in [1.29, 1.82) is 0 Å². The highest BCUT2D eigenvalue weighted by molar-refractivity contribution is 7.80. The summed E-state index contributed by atoms with van der Waals surface area (Å²) in [4.78, 5) is 3.84. The number of halogens is 3. The van der Waals surface area contributed by atoms with Crippen LogP contribution in [-0.2, 0) is 0 Å². The van der Waals surface area contributed by atoms with Crippen molar-refractivity contribution < 1.29 is 13.2 Å². The van der Waals surface area contributed by atoms with Gasteiger partial charge in [-0.1, -0.05) is 6.08 Å². The third-order valence-corrected chi connectivity index (χ3v) is 2.12. The minimum atomic E-state index is -4.25. The third-order valence-electron chi connectivity index (χ3n) is 1.93. The molecule has 1 heterocycles. The Morgan fingerprint density at radius 3 is 2.79 bits per heavy atom. The van der Waals surface area contributed by atoms with Crippen LogP contribution in [0.15, 0.2) is 28.9 Å². The molecule has 0 aromatic rings. The Bertz CT molecular complexity index is 379. The fourth-order valence-electron chi connectivity index (χ4n) is 1.26. The summed E-state index contributed by atoms with van der Waals surface area (Å²) in [5, 5.41) is 2.80. The van der Waals surface area contributed by atoms with E-state index in [0.29, 0.717) is 11.4 Å². The lowest BCUT2D eigenvalue weighted by Gasteiger charge is -2.16. The molecule has 1 atom stereocenters. The second-order valence-electron chi connectivity index (χ2n) is 2.93. The lowest BCUT2D eigenvalue weighted by molar-refractivity contribution is -0.149. The maximum atomic E-state index is 12.3. The summed E-state index contributed by atoms with van der Waals surface area (Å²) in [5.74, 6) is -1.55. The van der Waals surface area contributed by atoms with Crippen LogP contribution >= 0.6 is 12.2 Å². The van der Waals surface area contributed by atoms with Crippen molar-refractivity contribution in [3.8, 4) is 0 Å². The number of alkyl halides is 3. The highest BCUT2D eigenvalue weighted by Gasteiger charge is 2.38. The van der Waals surface area contributed by atoms with Gasteiger partial charge in [0.1, 0.15) is 0 Å². The maximum absolute atomic E-state index is 12.3. The molecule has 0 saturated carbocycles. The van der Waals surface area contributed by atoms with E-state index in [0.717, 1.165) is 12.2 Å². The topological polar surface area (TPSA) is 24.4 Å². The van der Waals surface area contributed by atoms with Crippen molar-refractivity contribution in [1.82, 2.24) is 5.32 Å². The van der Waals surface area contributed by atoms with Gasteiger partial charge in [0.2, 0.25) is 0 Å². The summed E-state index contributed by atoms with van der Waals surface area (Å²) < 4.78 is 36.9. The molecule has 1 aliphatic carbocycles. The predicted molar refractivity (Wildman–Crippen MR) is 49.9 cm³/mol. The van der Waals surface area contributed by atoms with Crippen LogP contribution in [0.25, 0.3) is 0 Å². The van der Waals surface area contributed by atoms with Crippen LogP contribution in [0.5, 0.6) is 0 Å². The van der Waals surface area contributed by atoms with Crippen molar-refractivity contribution in [2.45, 2.75) is 6.18 Å². The Hall–Kier alpha value is -1.17. The first-order valence-electron chi connectivity index (χ1n) is 3.83. The summed E-state index contributed by atoms with van der Waals surface area (Å²) in [7, 11) is 0. The molecule has 6 heteroatoms. The molecular formula is C8H5F3N2S. The Kier molecular flexibility index (Phi) is 1.95. The zero-order valence-electron chi connectivity index (χ0n) is 6.80. The van der Waals surface area contributed by atoms with Gasteiger partial charge in [-0.3, -0.25) is 0 Å². The molecule has 0 amide bonds. The highest BCUT2D eigenvalue weighted by Crippen LogP contribution is 2.31. The minimum Gasteiger partial charge on any atom is -0.329 e. The molecule has 1 aliphatic heterocycles. The Morgan fingerprint density at radius 2 is 2.14 bits per heavy atom. The number of hydrogen-bond acceptors (Lipinski definition) is 1. The lowest BCUT2D eigenvalue weighted by Crippen LogP contribution is -2.25. The molecule has 0 aromatic carbocycles. The normalized spacial score (nSPS) is 25.4. The van der Waals surface area contributed by atoms with Crippen LogP contribution in [0.1, 0.15) is 0 Å². The van der Waals surface area contributed by atoms with Crippen LogP contribution in [0, 0.1) is 5.92 Å². The molecule has 0 saturated heterocycles. The summed E-state index contributed by atoms with van der Waals surface area (Å²) in [5.41, 5.74) is 0.815. The van der Waals surface area contributed by atoms with Gasteiger partial charge in [0.15, 0.2) is 5.11 Å². The van der Waals surface area contributed by atoms with Crippen molar-refractivity contribution >= 4 is 23.0 Å². The molecule has 74 valence electrons. The van der Waals surface area contributed by atoms with Crippen LogP contribution in [0.3, 0.4) is 0 Å². The van der Waals surface area contributed by atoms with Gasteiger partial charge in [-0.25, -0.2) is 4.99 Å². The number of rotatable bonds is 0. The van der Waals surface area contributed by atoms with E-state index in [1.165, 1.54) is 6.08 Å². The van der Waals surface area contributed by atoms with Crippen LogP contribution < -0.4 is 5.32 Å². The fourth-order valence-corrected chi connectivity index (χ4v) is 1.47. The van der Waals surface area contributed by atoms with Gasteiger partial charge in [-0.05, 0) is 24.4 Å². The first-order chi connectivity index (χ1) is 6.47. The predicted octanol–water partition coefficient (Wildman–Crippen LogP) is 1.95. The molecule has 1 unspecified atom stereocenters. The number of nitrogens with one attached hydrogen (secondary N) is 1. The summed E-state index contributed by atoms with van der Waals surface area (Å²) in [6, 6.07) is 0. The first-order valence-corrected chi connectivity index (χ1v) is 4.24. The summed E-state index contributed by atoms with van der Waals surface area (Å²) >= 11 is 4.71. The van der Waals surface area contributed by atoms with Crippen molar-refractivity contribution in [3.63, 3.8) is 0 Å². The van der Waals surface area contributed by atoms with Gasteiger partial charge in [0, 0.05) is 0 Å². The molecule has 0 fully saturated rings. The van der Waals surface area contributed by atoms with Crippen molar-refractivity contribution in [2.75, 3.05) is 0 Å². The van der Waals surface area contributed by atoms with Crippen LogP contribution in [0.2, 0.25) is 0 Å². The van der Waals surface area contributed by atoms with E-state index in [1.54, 1.807) is 0 Å². The number of allylic oxidation sites excluding steroid dienone is 3. The van der Waals surface area contributed by atoms with E-state index in [2.05, 4.69) is 10.3 Å². The molecule has 2 rings (SSSR count). The lowest BCUT2D eigenvalue weighted by atomic mass is 10.00. The number of aliphatic imine (C=N–C) groups is 1. The standard InChI is InChI=1S/C8H5F3N2S/c9-8(10,11)4-1-2-5-6(3-4)13-7(14)12-5/h1-4H,(H,13,14). The quantitative estimate of drug-likeness (QED) is 0.628. The smallest absolute Gasteiger partial charge is 0.329 e. The average Bonchev–Trinajstić information content (AvgIpc) is 2.41. The van der Waals surface area contributed by atoms with E-state index in [1.807, 2.05) is 0 Å². The number of fused-ring (bicyclic) bond motifs is 1. The van der Waals surface area contributed by atoms with E-state index < -0.39 is 12.1 Å². The zero-order chi connectivity index (χ0) is 10.3. The second kappa shape index (κ2) is 2.91. The van der Waals surface area contributed by atoms with Gasteiger partial charge in [0.05, 0.1) is 17.3 Å². The van der Waals surface area contributed by atoms with E-state index in [4.69, 9.17) is 12.2 Å². The SMILES string of the molecule is FC(F)(F)C1C=CC2=NC(=S)NC2=C1. The molecule has 0 spiro atoms. The monoisotopic (exact) mass is 218 g/mol. The Morgan fingerprint density at radius 1 is 1.43 bits per heavy atom. The van der Waals surface area contributed by atoms with Crippen LogP contribution in [0.4, 0.5) is 13.2 Å². The van der Waals surface area contributed by atoms with Gasteiger partial charge >= 0.3 is 6.18 Å². The number of hydrogen-bond donors (Lipinski definition) is 1. The van der Waals surface area contributed by atoms with E-state index in [-0.39, 0.29) is 5.11 Å². The molecule has 0 radical (unpaired) electrons. The van der Waals surface area contributed by atoms with Gasteiger partial charge in [0.25, 0.3) is 0 Å². The summed E-state index contributed by atoms with van der Waals surface area (Å²) in [6.07, 6.45) is -0.767. The first kappa shape index (κ1) is 9.39. The summed E-state index contributed by atoms with van der Waals surface area (Å²) in [6.45, 7) is 0. The molecule has 2 nitrogen and oxygen atoms in total. The maximum Gasteiger partial charge on any atom is 0.398 e. The largest absolute Gasteiger partial charge is 0.398 e. The van der Waals surface area contributed by atoms with Gasteiger partial charge in [-0.2, -0.15) is 13.2 Å². The van der Waals surface area contributed by atoms with Crippen LogP contribution in [-0.4, -0.2) is 17.0 Å². The average molecular weight is 218 g/mol.